The molecular weight excluding hydrogens is 382 g/mol. The maximum Gasteiger partial charge on any atom is 0.316 e. The van der Waals surface area contributed by atoms with Gasteiger partial charge in [-0.05, 0) is 55.8 Å². The van der Waals surface area contributed by atoms with Crippen LogP contribution in [0, 0.1) is 6.92 Å². The molecule has 1 N–H and O–H groups in total. The van der Waals surface area contributed by atoms with Crippen molar-refractivity contribution in [1.29, 1.82) is 0 Å². The first kappa shape index (κ1) is 19.7. The van der Waals surface area contributed by atoms with Crippen LogP contribution in [-0.2, 0) is 24.1 Å². The summed E-state index contributed by atoms with van der Waals surface area (Å²) in [6.45, 7) is 4.02. The predicted molar refractivity (Wildman–Crippen MR) is 108 cm³/mol. The van der Waals surface area contributed by atoms with Crippen LogP contribution < -0.4 is 20.6 Å². The Kier molecular flexibility index (Phi) is 5.03. The zero-order chi connectivity index (χ0) is 20.6. The number of aromatic nitrogens is 2. The van der Waals surface area contributed by atoms with Crippen molar-refractivity contribution in [3.8, 4) is 5.75 Å². The van der Waals surface area contributed by atoms with E-state index < -0.39 is 21.1 Å². The number of sulfonamides is 1. The molecule has 0 saturated carbocycles. The van der Waals surface area contributed by atoms with Crippen molar-refractivity contribution in [1.82, 2.24) is 9.13 Å². The zero-order valence-electron chi connectivity index (χ0n) is 16.0. The lowest BCUT2D eigenvalue weighted by molar-refractivity contribution is 0.340. The highest BCUT2D eigenvalue weighted by Gasteiger charge is 2.20. The molecular formula is C19H21N3O5S. The highest BCUT2D eigenvalue weighted by atomic mass is 32.2. The molecule has 3 aromatic rings. The van der Waals surface area contributed by atoms with Gasteiger partial charge in [0, 0.05) is 19.8 Å². The van der Waals surface area contributed by atoms with Crippen molar-refractivity contribution in [2.75, 3.05) is 11.3 Å². The topological polar surface area (TPSA) is 99.4 Å². The van der Waals surface area contributed by atoms with E-state index in [0.29, 0.717) is 34.6 Å². The molecule has 28 heavy (non-hydrogen) atoms. The largest absolute Gasteiger partial charge is 0.494 e. The summed E-state index contributed by atoms with van der Waals surface area (Å²) in [5, 5.41) is 0. The summed E-state index contributed by atoms with van der Waals surface area (Å²) in [5.41, 5.74) is 0.283. The average molecular weight is 403 g/mol. The summed E-state index contributed by atoms with van der Waals surface area (Å²) in [6.07, 6.45) is 0. The Labute approximate surface area is 162 Å². The Bertz CT molecular complexity index is 1270. The quantitative estimate of drug-likeness (QED) is 0.654. The number of nitrogens with one attached hydrogen (secondary N) is 1. The normalized spacial score (nSPS) is 11.6. The van der Waals surface area contributed by atoms with Crippen LogP contribution in [0.3, 0.4) is 0 Å². The molecule has 0 aliphatic rings. The number of rotatable bonds is 5. The fraction of sp³-hybridized carbons (Fsp3) is 0.263. The summed E-state index contributed by atoms with van der Waals surface area (Å²) in [6, 6.07) is 9.56. The van der Waals surface area contributed by atoms with Crippen LogP contribution >= 0.6 is 0 Å². The summed E-state index contributed by atoms with van der Waals surface area (Å²) in [4.78, 5) is 24.1. The third-order valence-electron chi connectivity index (χ3n) is 4.49. The minimum atomic E-state index is -3.91. The first-order chi connectivity index (χ1) is 13.2. The molecule has 1 aromatic heterocycles. The maximum absolute atomic E-state index is 12.9. The Morgan fingerprint density at radius 1 is 0.964 bits per heavy atom. The highest BCUT2D eigenvalue weighted by Crippen LogP contribution is 2.24. The minimum Gasteiger partial charge on any atom is -0.494 e. The van der Waals surface area contributed by atoms with Gasteiger partial charge in [-0.15, -0.1) is 0 Å². The molecule has 0 fully saturated rings. The Hall–Kier alpha value is -3.07. The van der Waals surface area contributed by atoms with Gasteiger partial charge in [0.2, 0.25) is 0 Å². The Balaban J connectivity index is 2.10. The van der Waals surface area contributed by atoms with Gasteiger partial charge in [0.05, 0.1) is 22.5 Å². The van der Waals surface area contributed by atoms with Gasteiger partial charge in [0.1, 0.15) is 5.75 Å². The molecule has 0 unspecified atom stereocenters. The molecule has 0 atom stereocenters. The fourth-order valence-corrected chi connectivity index (χ4v) is 4.30. The van der Waals surface area contributed by atoms with E-state index in [9.17, 15) is 18.0 Å². The van der Waals surface area contributed by atoms with Gasteiger partial charge in [0.15, 0.2) is 0 Å². The number of hydrogen-bond donors (Lipinski definition) is 1. The zero-order valence-corrected chi connectivity index (χ0v) is 16.8. The van der Waals surface area contributed by atoms with Gasteiger partial charge in [-0.25, -0.2) is 8.42 Å². The second-order valence-corrected chi connectivity index (χ2v) is 8.05. The molecule has 0 aliphatic carbocycles. The van der Waals surface area contributed by atoms with E-state index in [-0.39, 0.29) is 4.90 Å². The van der Waals surface area contributed by atoms with Gasteiger partial charge >= 0.3 is 11.1 Å². The van der Waals surface area contributed by atoms with Crippen molar-refractivity contribution >= 4 is 26.7 Å². The Morgan fingerprint density at radius 2 is 1.50 bits per heavy atom. The molecule has 148 valence electrons. The molecule has 0 spiro atoms. The number of benzene rings is 2. The maximum atomic E-state index is 12.9. The first-order valence-corrected chi connectivity index (χ1v) is 10.1. The number of nitrogens with zero attached hydrogens (tertiary/aromatic N) is 2. The molecule has 2 aromatic carbocycles. The first-order valence-electron chi connectivity index (χ1n) is 8.61. The van der Waals surface area contributed by atoms with Gasteiger partial charge in [-0.2, -0.15) is 0 Å². The van der Waals surface area contributed by atoms with Crippen LogP contribution in [0.1, 0.15) is 12.5 Å². The average Bonchev–Trinajstić information content (AvgIpc) is 2.65. The molecule has 0 amide bonds. The van der Waals surface area contributed by atoms with E-state index in [1.54, 1.807) is 37.3 Å². The number of ether oxygens (including phenoxy) is 1. The van der Waals surface area contributed by atoms with Crippen LogP contribution in [0.15, 0.2) is 50.9 Å². The standard InChI is InChI=1S/C19H21N3O5S/c1-5-27-14-8-6-13(7-9-14)20-28(25,26)17-11-16-15(10-12(17)2)21(3)18(23)19(24)22(16)4/h6-11,20H,5H2,1-4H3. The molecule has 8 nitrogen and oxygen atoms in total. The lowest BCUT2D eigenvalue weighted by Crippen LogP contribution is -2.39. The second-order valence-electron chi connectivity index (χ2n) is 6.40. The lowest BCUT2D eigenvalue weighted by atomic mass is 10.2. The third kappa shape index (κ3) is 3.40. The van der Waals surface area contributed by atoms with E-state index in [1.807, 2.05) is 6.92 Å². The fourth-order valence-electron chi connectivity index (χ4n) is 2.99. The number of fused-ring (bicyclic) bond motifs is 1. The van der Waals surface area contributed by atoms with E-state index in [1.165, 1.54) is 24.7 Å². The second kappa shape index (κ2) is 7.16. The molecule has 9 heteroatoms. The van der Waals surface area contributed by atoms with Gasteiger partial charge in [-0.3, -0.25) is 14.3 Å². The van der Waals surface area contributed by atoms with E-state index in [0.717, 1.165) is 4.57 Å². The number of anilines is 1. The predicted octanol–water partition coefficient (Wildman–Crippen LogP) is 1.75. The van der Waals surface area contributed by atoms with Crippen molar-refractivity contribution in [3.63, 3.8) is 0 Å². The van der Waals surface area contributed by atoms with E-state index in [4.69, 9.17) is 4.74 Å². The van der Waals surface area contributed by atoms with Crippen molar-refractivity contribution in [2.45, 2.75) is 18.7 Å². The number of hydrogen-bond acceptors (Lipinski definition) is 5. The van der Waals surface area contributed by atoms with Crippen LogP contribution in [-0.4, -0.2) is 24.2 Å². The summed E-state index contributed by atoms with van der Waals surface area (Å²) >= 11 is 0. The molecule has 0 bridgehead atoms. The summed E-state index contributed by atoms with van der Waals surface area (Å²) in [7, 11) is -0.981. The van der Waals surface area contributed by atoms with Gasteiger partial charge < -0.3 is 13.9 Å². The van der Waals surface area contributed by atoms with Crippen molar-refractivity contribution in [2.24, 2.45) is 14.1 Å². The number of aryl methyl sites for hydroxylation is 3. The van der Waals surface area contributed by atoms with E-state index in [2.05, 4.69) is 4.72 Å². The monoisotopic (exact) mass is 403 g/mol. The summed E-state index contributed by atoms with van der Waals surface area (Å²) in [5.74, 6) is 0.642. The third-order valence-corrected chi connectivity index (χ3v) is 6.02. The van der Waals surface area contributed by atoms with Crippen LogP contribution in [0.5, 0.6) is 5.75 Å². The molecule has 3 rings (SSSR count). The van der Waals surface area contributed by atoms with Gasteiger partial charge in [0.25, 0.3) is 10.0 Å². The van der Waals surface area contributed by atoms with Gasteiger partial charge in [-0.1, -0.05) is 0 Å². The summed E-state index contributed by atoms with van der Waals surface area (Å²) < 4.78 is 36.1. The minimum absolute atomic E-state index is 0.0301. The highest BCUT2D eigenvalue weighted by molar-refractivity contribution is 7.92. The molecule has 0 radical (unpaired) electrons. The van der Waals surface area contributed by atoms with Crippen LogP contribution in [0.4, 0.5) is 5.69 Å². The lowest BCUT2D eigenvalue weighted by Gasteiger charge is -2.15. The van der Waals surface area contributed by atoms with Crippen LogP contribution in [0.2, 0.25) is 0 Å². The van der Waals surface area contributed by atoms with Crippen LogP contribution in [0.25, 0.3) is 11.0 Å². The Morgan fingerprint density at radius 3 is 2.04 bits per heavy atom. The SMILES string of the molecule is CCOc1ccc(NS(=O)(=O)c2cc3c(cc2C)n(C)c(=O)c(=O)n3C)cc1. The van der Waals surface area contributed by atoms with Crippen molar-refractivity contribution < 1.29 is 13.2 Å². The molecule has 0 aliphatic heterocycles. The molecule has 0 saturated heterocycles. The smallest absolute Gasteiger partial charge is 0.316 e. The van der Waals surface area contributed by atoms with E-state index >= 15 is 0 Å². The van der Waals surface area contributed by atoms with Crippen molar-refractivity contribution in [3.05, 3.63) is 62.7 Å². The molecule has 1 heterocycles.